The molecule has 2 heterocycles. The number of benzene rings is 1. The Labute approximate surface area is 171 Å². The maximum atomic E-state index is 12.5. The number of hydrogen-bond donors (Lipinski definition) is 2. The highest BCUT2D eigenvalue weighted by Gasteiger charge is 2.35. The summed E-state index contributed by atoms with van der Waals surface area (Å²) in [5.41, 5.74) is 2.29. The third-order valence-electron chi connectivity index (χ3n) is 5.93. The van der Waals surface area contributed by atoms with Crippen LogP contribution in [0.25, 0.3) is 0 Å². The van der Waals surface area contributed by atoms with Gasteiger partial charge in [0.25, 0.3) is 0 Å². The maximum Gasteiger partial charge on any atom is 0.315 e. The van der Waals surface area contributed by atoms with Crippen LogP contribution < -0.4 is 15.4 Å². The number of amides is 2. The van der Waals surface area contributed by atoms with E-state index in [1.807, 2.05) is 29.2 Å². The van der Waals surface area contributed by atoms with Crippen molar-refractivity contribution in [1.82, 2.24) is 20.4 Å². The van der Waals surface area contributed by atoms with Crippen molar-refractivity contribution in [2.24, 2.45) is 0 Å². The van der Waals surface area contributed by atoms with Crippen molar-refractivity contribution in [3.8, 4) is 5.75 Å². The van der Waals surface area contributed by atoms with Crippen molar-refractivity contribution in [2.75, 3.05) is 13.7 Å². The highest BCUT2D eigenvalue weighted by molar-refractivity contribution is 5.75. The SMILES string of the molecule is COc1cccc(C2CC(NC(=O)N[C@H]3CCO[C@@H]3c3cnn(C(C)C)c3)C2)c1. The number of urea groups is 1. The minimum absolute atomic E-state index is 0.0333. The smallest absolute Gasteiger partial charge is 0.315 e. The number of carbonyl (C=O) groups excluding carboxylic acids is 1. The van der Waals surface area contributed by atoms with Crippen LogP contribution in [0.2, 0.25) is 0 Å². The molecule has 2 aromatic rings. The molecule has 2 amide bonds. The van der Waals surface area contributed by atoms with Gasteiger partial charge in [-0.15, -0.1) is 0 Å². The Hall–Kier alpha value is -2.54. The molecule has 2 fully saturated rings. The van der Waals surface area contributed by atoms with E-state index in [0.29, 0.717) is 18.6 Å². The van der Waals surface area contributed by atoms with E-state index in [-0.39, 0.29) is 24.2 Å². The number of rotatable bonds is 6. The summed E-state index contributed by atoms with van der Waals surface area (Å²) in [4.78, 5) is 12.5. The van der Waals surface area contributed by atoms with Crippen LogP contribution in [-0.4, -0.2) is 41.6 Å². The molecule has 7 heteroatoms. The number of aromatic nitrogens is 2. The van der Waals surface area contributed by atoms with E-state index in [1.165, 1.54) is 5.56 Å². The number of methoxy groups -OCH3 is 1. The van der Waals surface area contributed by atoms with Gasteiger partial charge in [-0.2, -0.15) is 5.10 Å². The molecule has 1 aromatic heterocycles. The minimum Gasteiger partial charge on any atom is -0.497 e. The monoisotopic (exact) mass is 398 g/mol. The van der Waals surface area contributed by atoms with E-state index < -0.39 is 0 Å². The lowest BCUT2D eigenvalue weighted by Gasteiger charge is -2.36. The summed E-state index contributed by atoms with van der Waals surface area (Å²) in [5, 5.41) is 10.6. The third-order valence-corrected chi connectivity index (χ3v) is 5.93. The van der Waals surface area contributed by atoms with Crippen LogP contribution in [0.5, 0.6) is 5.75 Å². The first-order valence-corrected chi connectivity index (χ1v) is 10.4. The highest BCUT2D eigenvalue weighted by atomic mass is 16.5. The predicted molar refractivity (Wildman–Crippen MR) is 110 cm³/mol. The van der Waals surface area contributed by atoms with Crippen LogP contribution in [0.1, 0.15) is 62.3 Å². The second kappa shape index (κ2) is 8.45. The number of ether oxygens (including phenoxy) is 2. The van der Waals surface area contributed by atoms with Gasteiger partial charge in [0.2, 0.25) is 0 Å². The lowest BCUT2D eigenvalue weighted by Crippen LogP contribution is -2.50. The molecule has 0 radical (unpaired) electrons. The maximum absolute atomic E-state index is 12.5. The lowest BCUT2D eigenvalue weighted by molar-refractivity contribution is 0.0994. The molecule has 7 nitrogen and oxygen atoms in total. The molecular weight excluding hydrogens is 368 g/mol. The summed E-state index contributed by atoms with van der Waals surface area (Å²) in [6.45, 7) is 4.82. The quantitative estimate of drug-likeness (QED) is 0.780. The Morgan fingerprint density at radius 3 is 2.83 bits per heavy atom. The van der Waals surface area contributed by atoms with E-state index in [4.69, 9.17) is 9.47 Å². The normalized spacial score (nSPS) is 26.2. The summed E-state index contributed by atoms with van der Waals surface area (Å²) in [6.07, 6.45) is 6.42. The Balaban J connectivity index is 1.27. The first kappa shape index (κ1) is 19.8. The van der Waals surface area contributed by atoms with E-state index >= 15 is 0 Å². The first-order chi connectivity index (χ1) is 14.0. The average Bonchev–Trinajstić information content (AvgIpc) is 3.33. The van der Waals surface area contributed by atoms with Crippen molar-refractivity contribution >= 4 is 6.03 Å². The summed E-state index contributed by atoms with van der Waals surface area (Å²) in [6, 6.07) is 8.54. The van der Waals surface area contributed by atoms with Crippen molar-refractivity contribution in [2.45, 2.75) is 63.3 Å². The van der Waals surface area contributed by atoms with Gasteiger partial charge in [0, 0.05) is 30.5 Å². The molecule has 1 aliphatic carbocycles. The zero-order valence-electron chi connectivity index (χ0n) is 17.3. The van der Waals surface area contributed by atoms with Crippen LogP contribution in [0.4, 0.5) is 4.79 Å². The molecule has 0 spiro atoms. The van der Waals surface area contributed by atoms with Crippen LogP contribution in [0.15, 0.2) is 36.7 Å². The van der Waals surface area contributed by atoms with E-state index in [2.05, 4.69) is 41.7 Å². The van der Waals surface area contributed by atoms with Crippen LogP contribution in [0.3, 0.4) is 0 Å². The molecule has 1 saturated carbocycles. The van der Waals surface area contributed by atoms with Gasteiger partial charge >= 0.3 is 6.03 Å². The molecular formula is C22H30N4O3. The molecule has 2 atom stereocenters. The summed E-state index contributed by atoms with van der Waals surface area (Å²) in [5.74, 6) is 1.35. The largest absolute Gasteiger partial charge is 0.497 e. The van der Waals surface area contributed by atoms with Crippen molar-refractivity contribution < 1.29 is 14.3 Å². The van der Waals surface area contributed by atoms with Gasteiger partial charge in [-0.1, -0.05) is 12.1 Å². The second-order valence-corrected chi connectivity index (χ2v) is 8.29. The Morgan fingerprint density at radius 1 is 1.28 bits per heavy atom. The van der Waals surface area contributed by atoms with Gasteiger partial charge < -0.3 is 20.1 Å². The zero-order valence-corrected chi connectivity index (χ0v) is 17.3. The summed E-state index contributed by atoms with van der Waals surface area (Å²) in [7, 11) is 1.68. The molecule has 156 valence electrons. The van der Waals surface area contributed by atoms with Gasteiger partial charge in [-0.05, 0) is 56.7 Å². The average molecular weight is 399 g/mol. The Bertz CT molecular complexity index is 844. The molecule has 4 rings (SSSR count). The Morgan fingerprint density at radius 2 is 2.10 bits per heavy atom. The van der Waals surface area contributed by atoms with E-state index in [9.17, 15) is 4.79 Å². The molecule has 1 aromatic carbocycles. The van der Waals surface area contributed by atoms with Crippen molar-refractivity contribution in [3.63, 3.8) is 0 Å². The standard InChI is InChI=1S/C22H30N4O3/c1-14(2)26-13-17(12-23-26)21-20(7-8-29-21)25-22(27)24-18-9-16(10-18)15-5-4-6-19(11-15)28-3/h4-6,11-14,16,18,20-21H,7-10H2,1-3H3,(H2,24,25,27)/t16?,18?,20-,21+/m0/s1. The van der Waals surface area contributed by atoms with Gasteiger partial charge in [0.05, 0.1) is 19.3 Å². The fourth-order valence-electron chi connectivity index (χ4n) is 4.15. The lowest BCUT2D eigenvalue weighted by atomic mass is 9.76. The molecule has 2 aliphatic rings. The summed E-state index contributed by atoms with van der Waals surface area (Å²) >= 11 is 0. The molecule has 1 saturated heterocycles. The predicted octanol–water partition coefficient (Wildman–Crippen LogP) is 3.55. The topological polar surface area (TPSA) is 77.4 Å². The number of nitrogens with zero attached hydrogens (tertiary/aromatic N) is 2. The fraction of sp³-hybridized carbons (Fsp3) is 0.545. The third kappa shape index (κ3) is 4.40. The summed E-state index contributed by atoms with van der Waals surface area (Å²) < 4.78 is 13.1. The molecule has 2 N–H and O–H groups in total. The van der Waals surface area contributed by atoms with Crippen LogP contribution >= 0.6 is 0 Å². The first-order valence-electron chi connectivity index (χ1n) is 10.4. The van der Waals surface area contributed by atoms with Crippen molar-refractivity contribution in [3.05, 3.63) is 47.8 Å². The van der Waals surface area contributed by atoms with Crippen LogP contribution in [0, 0.1) is 0 Å². The minimum atomic E-state index is -0.140. The van der Waals surface area contributed by atoms with Crippen molar-refractivity contribution in [1.29, 1.82) is 0 Å². The molecule has 0 unspecified atom stereocenters. The van der Waals surface area contributed by atoms with Crippen LogP contribution in [-0.2, 0) is 4.74 Å². The molecule has 1 aliphatic heterocycles. The molecule has 29 heavy (non-hydrogen) atoms. The number of carbonyl (C=O) groups is 1. The fourth-order valence-corrected chi connectivity index (χ4v) is 4.15. The zero-order chi connectivity index (χ0) is 20.4. The highest BCUT2D eigenvalue weighted by Crippen LogP contribution is 2.38. The van der Waals surface area contributed by atoms with Gasteiger partial charge in [-0.25, -0.2) is 4.79 Å². The van der Waals surface area contributed by atoms with Gasteiger partial charge in [0.15, 0.2) is 0 Å². The second-order valence-electron chi connectivity index (χ2n) is 8.29. The van der Waals surface area contributed by atoms with Gasteiger partial charge in [0.1, 0.15) is 11.9 Å². The molecule has 0 bridgehead atoms. The van der Waals surface area contributed by atoms with E-state index in [0.717, 1.165) is 30.6 Å². The van der Waals surface area contributed by atoms with Gasteiger partial charge in [-0.3, -0.25) is 4.68 Å². The number of hydrogen-bond acceptors (Lipinski definition) is 4. The Kier molecular flexibility index (Phi) is 5.76. The van der Waals surface area contributed by atoms with E-state index in [1.54, 1.807) is 7.11 Å². The number of nitrogens with one attached hydrogen (secondary N) is 2.